The van der Waals surface area contributed by atoms with E-state index in [0.717, 1.165) is 4.47 Å². The number of carbonyl (C=O) groups excluding carboxylic acids is 1. The molecule has 1 aromatic carbocycles. The molecule has 1 aromatic rings. The van der Waals surface area contributed by atoms with Crippen LogP contribution >= 0.6 is 27.5 Å². The SMILES string of the molecule is C#CCNC(C)(C(=O)OC)c1ccc(Br)cc1Cl. The number of carbonyl (C=O) groups is 1. The lowest BCUT2D eigenvalue weighted by molar-refractivity contribution is -0.148. The minimum Gasteiger partial charge on any atom is -0.467 e. The van der Waals surface area contributed by atoms with Crippen LogP contribution < -0.4 is 5.32 Å². The van der Waals surface area contributed by atoms with Crippen molar-refractivity contribution >= 4 is 33.5 Å². The summed E-state index contributed by atoms with van der Waals surface area (Å²) < 4.78 is 5.65. The second kappa shape index (κ2) is 6.24. The normalized spacial score (nSPS) is 13.5. The first kappa shape index (κ1) is 15.0. The van der Waals surface area contributed by atoms with Crippen molar-refractivity contribution in [2.24, 2.45) is 0 Å². The van der Waals surface area contributed by atoms with E-state index in [0.29, 0.717) is 10.6 Å². The van der Waals surface area contributed by atoms with Gasteiger partial charge in [-0.05, 0) is 19.1 Å². The number of methoxy groups -OCH3 is 1. The van der Waals surface area contributed by atoms with Crippen LogP contribution in [0.4, 0.5) is 0 Å². The zero-order valence-electron chi connectivity index (χ0n) is 10.1. The molecule has 0 aliphatic heterocycles. The number of ether oxygens (including phenoxy) is 1. The first-order chi connectivity index (χ1) is 8.45. The molecule has 0 fully saturated rings. The molecule has 1 rings (SSSR count). The second-order valence-electron chi connectivity index (χ2n) is 3.80. The first-order valence-electron chi connectivity index (χ1n) is 5.18. The topological polar surface area (TPSA) is 38.3 Å². The molecule has 1 atom stereocenters. The summed E-state index contributed by atoms with van der Waals surface area (Å²) in [6.45, 7) is 1.92. The molecule has 0 radical (unpaired) electrons. The Hall–Kier alpha value is -1.02. The molecule has 0 bridgehead atoms. The van der Waals surface area contributed by atoms with Crippen LogP contribution in [0, 0.1) is 12.3 Å². The van der Waals surface area contributed by atoms with Gasteiger partial charge in [0.25, 0.3) is 0 Å². The van der Waals surface area contributed by atoms with E-state index in [9.17, 15) is 4.79 Å². The van der Waals surface area contributed by atoms with Gasteiger partial charge in [0.1, 0.15) is 5.54 Å². The van der Waals surface area contributed by atoms with Gasteiger partial charge in [0, 0.05) is 15.1 Å². The molecule has 0 saturated carbocycles. The van der Waals surface area contributed by atoms with E-state index in [4.69, 9.17) is 22.8 Å². The number of rotatable bonds is 4. The fraction of sp³-hybridized carbons (Fsp3) is 0.308. The van der Waals surface area contributed by atoms with Crippen LogP contribution in [0.15, 0.2) is 22.7 Å². The van der Waals surface area contributed by atoms with Gasteiger partial charge in [-0.25, -0.2) is 4.79 Å². The van der Waals surface area contributed by atoms with Gasteiger partial charge in [0.2, 0.25) is 0 Å². The molecule has 5 heteroatoms. The summed E-state index contributed by atoms with van der Waals surface area (Å²) in [4.78, 5) is 12.0. The van der Waals surface area contributed by atoms with Gasteiger partial charge in [-0.2, -0.15) is 0 Å². The van der Waals surface area contributed by atoms with Crippen molar-refractivity contribution < 1.29 is 9.53 Å². The minimum atomic E-state index is -1.07. The predicted molar refractivity (Wildman–Crippen MR) is 75.4 cm³/mol. The number of hydrogen-bond acceptors (Lipinski definition) is 3. The average Bonchev–Trinajstić information content (AvgIpc) is 2.34. The lowest BCUT2D eigenvalue weighted by atomic mass is 9.92. The number of halogens is 2. The summed E-state index contributed by atoms with van der Waals surface area (Å²) in [6.07, 6.45) is 5.21. The number of esters is 1. The van der Waals surface area contributed by atoms with Crippen LogP contribution in [-0.2, 0) is 15.1 Å². The molecule has 1 N–H and O–H groups in total. The van der Waals surface area contributed by atoms with E-state index in [-0.39, 0.29) is 6.54 Å². The summed E-state index contributed by atoms with van der Waals surface area (Å²) >= 11 is 9.48. The highest BCUT2D eigenvalue weighted by Crippen LogP contribution is 2.31. The van der Waals surface area contributed by atoms with E-state index < -0.39 is 11.5 Å². The Bertz CT molecular complexity index is 498. The minimum absolute atomic E-state index is 0.234. The summed E-state index contributed by atoms with van der Waals surface area (Å²) in [6, 6.07) is 5.28. The maximum Gasteiger partial charge on any atom is 0.330 e. The lowest BCUT2D eigenvalue weighted by Crippen LogP contribution is -2.47. The van der Waals surface area contributed by atoms with Gasteiger partial charge in [0.05, 0.1) is 13.7 Å². The third kappa shape index (κ3) is 3.05. The maximum absolute atomic E-state index is 12.0. The van der Waals surface area contributed by atoms with E-state index >= 15 is 0 Å². The highest BCUT2D eigenvalue weighted by molar-refractivity contribution is 9.10. The van der Waals surface area contributed by atoms with E-state index in [1.54, 1.807) is 25.1 Å². The molecule has 3 nitrogen and oxygen atoms in total. The highest BCUT2D eigenvalue weighted by atomic mass is 79.9. The Labute approximate surface area is 120 Å². The van der Waals surface area contributed by atoms with Crippen molar-refractivity contribution in [3.8, 4) is 12.3 Å². The van der Waals surface area contributed by atoms with Crippen molar-refractivity contribution in [2.75, 3.05) is 13.7 Å². The molecule has 0 saturated heterocycles. The standard InChI is InChI=1S/C13H13BrClNO2/c1-4-7-16-13(2,12(17)18-3)10-6-5-9(14)8-11(10)15/h1,5-6,8,16H,7H2,2-3H3. The van der Waals surface area contributed by atoms with E-state index in [2.05, 4.69) is 27.2 Å². The molecule has 18 heavy (non-hydrogen) atoms. The van der Waals surface area contributed by atoms with Crippen molar-refractivity contribution in [3.05, 3.63) is 33.3 Å². The number of benzene rings is 1. The van der Waals surface area contributed by atoms with Gasteiger partial charge >= 0.3 is 5.97 Å². The molecule has 96 valence electrons. The Balaban J connectivity index is 3.25. The molecule has 0 amide bonds. The van der Waals surface area contributed by atoms with Crippen molar-refractivity contribution in [3.63, 3.8) is 0 Å². The average molecular weight is 331 g/mol. The van der Waals surface area contributed by atoms with Gasteiger partial charge in [-0.15, -0.1) is 6.42 Å². The Morgan fingerprint density at radius 1 is 1.67 bits per heavy atom. The molecule has 1 unspecified atom stereocenters. The van der Waals surface area contributed by atoms with Gasteiger partial charge < -0.3 is 4.74 Å². The first-order valence-corrected chi connectivity index (χ1v) is 6.35. The number of nitrogens with one attached hydrogen (secondary N) is 1. The summed E-state index contributed by atoms with van der Waals surface area (Å²) in [5.74, 6) is 1.99. The smallest absolute Gasteiger partial charge is 0.330 e. The Morgan fingerprint density at radius 3 is 2.83 bits per heavy atom. The van der Waals surface area contributed by atoms with E-state index in [1.165, 1.54) is 7.11 Å². The second-order valence-corrected chi connectivity index (χ2v) is 5.12. The largest absolute Gasteiger partial charge is 0.467 e. The van der Waals surface area contributed by atoms with Crippen LogP contribution in [0.2, 0.25) is 5.02 Å². The molecule has 0 aliphatic carbocycles. The molecular weight excluding hydrogens is 318 g/mol. The van der Waals surface area contributed by atoms with Crippen molar-refractivity contribution in [2.45, 2.75) is 12.5 Å². The van der Waals surface area contributed by atoms with Crippen LogP contribution in [0.5, 0.6) is 0 Å². The zero-order valence-corrected chi connectivity index (χ0v) is 12.4. The Kier molecular flexibility index (Phi) is 5.21. The fourth-order valence-corrected chi connectivity index (χ4v) is 2.47. The quantitative estimate of drug-likeness (QED) is 0.681. The third-order valence-electron chi connectivity index (χ3n) is 2.61. The lowest BCUT2D eigenvalue weighted by Gasteiger charge is -2.28. The molecule has 0 aromatic heterocycles. The zero-order chi connectivity index (χ0) is 13.8. The van der Waals surface area contributed by atoms with Crippen LogP contribution in [0.1, 0.15) is 12.5 Å². The Morgan fingerprint density at radius 2 is 2.33 bits per heavy atom. The third-order valence-corrected chi connectivity index (χ3v) is 3.41. The molecule has 0 spiro atoms. The fourth-order valence-electron chi connectivity index (χ4n) is 1.60. The molecule has 0 aliphatic rings. The summed E-state index contributed by atoms with van der Waals surface area (Å²) in [7, 11) is 1.32. The van der Waals surface area contributed by atoms with Gasteiger partial charge in [-0.3, -0.25) is 5.32 Å². The van der Waals surface area contributed by atoms with Gasteiger partial charge in [0.15, 0.2) is 0 Å². The monoisotopic (exact) mass is 329 g/mol. The molecule has 0 heterocycles. The van der Waals surface area contributed by atoms with E-state index in [1.807, 2.05) is 0 Å². The summed E-state index contributed by atoms with van der Waals surface area (Å²) in [5, 5.41) is 3.42. The maximum atomic E-state index is 12.0. The highest BCUT2D eigenvalue weighted by Gasteiger charge is 2.37. The van der Waals surface area contributed by atoms with Crippen LogP contribution in [0.3, 0.4) is 0 Å². The van der Waals surface area contributed by atoms with Crippen molar-refractivity contribution in [1.29, 1.82) is 0 Å². The van der Waals surface area contributed by atoms with Crippen LogP contribution in [0.25, 0.3) is 0 Å². The predicted octanol–water partition coefficient (Wildman–Crippen LogP) is 2.71. The number of hydrogen-bond donors (Lipinski definition) is 1. The van der Waals surface area contributed by atoms with Gasteiger partial charge in [-0.1, -0.05) is 39.5 Å². The summed E-state index contributed by atoms with van der Waals surface area (Å²) in [5.41, 5.74) is -0.451. The molecular formula is C13H13BrClNO2. The van der Waals surface area contributed by atoms with Crippen LogP contribution in [-0.4, -0.2) is 19.6 Å². The van der Waals surface area contributed by atoms with Crippen molar-refractivity contribution in [1.82, 2.24) is 5.32 Å². The number of terminal acetylenes is 1.